The number of benzene rings is 1. The van der Waals surface area contributed by atoms with Crippen LogP contribution in [0.25, 0.3) is 0 Å². The molecular weight excluding hydrogens is 218 g/mol. The zero-order valence-corrected chi connectivity index (χ0v) is 9.63. The van der Waals surface area contributed by atoms with E-state index in [1.807, 2.05) is 6.07 Å². The predicted octanol–water partition coefficient (Wildman–Crippen LogP) is 1.50. The van der Waals surface area contributed by atoms with Gasteiger partial charge >= 0.3 is 0 Å². The third kappa shape index (κ3) is 2.61. The molecule has 0 aliphatic carbocycles. The summed E-state index contributed by atoms with van der Waals surface area (Å²) in [6.07, 6.45) is 3.50. The van der Waals surface area contributed by atoms with E-state index in [9.17, 15) is 10.1 Å². The van der Waals surface area contributed by atoms with Gasteiger partial charge < -0.3 is 0 Å². The van der Waals surface area contributed by atoms with Crippen molar-refractivity contribution >= 4 is 11.5 Å². The molecule has 0 spiro atoms. The number of nitrogens with two attached hydrogens (primary N) is 1. The Morgan fingerprint density at radius 1 is 1.29 bits per heavy atom. The van der Waals surface area contributed by atoms with Gasteiger partial charge in [0.2, 0.25) is 0 Å². The van der Waals surface area contributed by atoms with Crippen molar-refractivity contribution in [1.29, 1.82) is 0 Å². The monoisotopic (exact) mass is 234 g/mol. The number of nitrogens with zero attached hydrogens (tertiary/aromatic N) is 2. The Kier molecular flexibility index (Phi) is 3.37. The van der Waals surface area contributed by atoms with Gasteiger partial charge in [0.15, 0.2) is 0 Å². The number of hydrogen-bond acceptors (Lipinski definition) is 2. The molecule has 0 radical (unpaired) electrons. The fourth-order valence-electron chi connectivity index (χ4n) is 2.10. The van der Waals surface area contributed by atoms with E-state index < -0.39 is 4.92 Å². The highest BCUT2D eigenvalue weighted by molar-refractivity contribution is 5.94. The van der Waals surface area contributed by atoms with Crippen molar-refractivity contribution in [2.24, 2.45) is 5.73 Å². The molecule has 5 nitrogen and oxygen atoms in total. The van der Waals surface area contributed by atoms with Gasteiger partial charge in [-0.15, -0.1) is 0 Å². The van der Waals surface area contributed by atoms with E-state index in [2.05, 4.69) is 4.58 Å². The van der Waals surface area contributed by atoms with Crippen molar-refractivity contribution in [1.82, 2.24) is 0 Å². The van der Waals surface area contributed by atoms with Crippen LogP contribution in [-0.4, -0.2) is 28.4 Å². The average molecular weight is 234 g/mol. The molecule has 2 N–H and O–H groups in total. The molecule has 1 aliphatic rings. The van der Waals surface area contributed by atoms with Gasteiger partial charge in [-0.3, -0.25) is 20.4 Å². The highest BCUT2D eigenvalue weighted by Gasteiger charge is 2.16. The molecule has 0 bridgehead atoms. The summed E-state index contributed by atoms with van der Waals surface area (Å²) in [6, 6.07) is 6.50. The standard InChI is InChI=1S/C12H15N3O2/c13-12(14-7-2-1-3-8-14)10-5-4-6-11(9-10)15(16)17/h4-6,9,13H,1-3,7-8H2/p+1. The summed E-state index contributed by atoms with van der Waals surface area (Å²) in [7, 11) is 0. The molecule has 1 aliphatic heterocycles. The molecule has 1 aromatic carbocycles. The van der Waals surface area contributed by atoms with Gasteiger partial charge in [0.1, 0.15) is 0 Å². The molecular formula is C12H16N3O2+. The minimum Gasteiger partial charge on any atom is -0.287 e. The van der Waals surface area contributed by atoms with Crippen LogP contribution in [0.3, 0.4) is 0 Å². The third-order valence-electron chi connectivity index (χ3n) is 3.05. The Labute approximate surface area is 99.7 Å². The van der Waals surface area contributed by atoms with Gasteiger partial charge in [0, 0.05) is 12.1 Å². The predicted molar refractivity (Wildman–Crippen MR) is 65.2 cm³/mol. The topological polar surface area (TPSA) is 72.2 Å². The molecule has 90 valence electrons. The molecule has 2 rings (SSSR count). The first kappa shape index (κ1) is 11.6. The van der Waals surface area contributed by atoms with E-state index in [0.29, 0.717) is 5.84 Å². The minimum absolute atomic E-state index is 0.0856. The van der Waals surface area contributed by atoms with Crippen LogP contribution in [0.15, 0.2) is 24.3 Å². The van der Waals surface area contributed by atoms with E-state index in [-0.39, 0.29) is 5.69 Å². The summed E-state index contributed by atoms with van der Waals surface area (Å²) in [4.78, 5) is 10.3. The van der Waals surface area contributed by atoms with Crippen LogP contribution in [-0.2, 0) is 0 Å². The van der Waals surface area contributed by atoms with Crippen LogP contribution in [0.4, 0.5) is 5.69 Å². The second-order valence-electron chi connectivity index (χ2n) is 4.24. The normalized spacial score (nSPS) is 15.6. The Morgan fingerprint density at radius 2 is 2.00 bits per heavy atom. The number of hydrogen-bond donors (Lipinski definition) is 1. The summed E-state index contributed by atoms with van der Waals surface area (Å²) in [6.45, 7) is 1.88. The van der Waals surface area contributed by atoms with Crippen molar-refractivity contribution in [3.8, 4) is 0 Å². The van der Waals surface area contributed by atoms with Crippen LogP contribution in [0.2, 0.25) is 0 Å². The summed E-state index contributed by atoms with van der Waals surface area (Å²) in [5, 5.41) is 10.7. The van der Waals surface area contributed by atoms with Crippen LogP contribution in [0.5, 0.6) is 0 Å². The molecule has 1 saturated heterocycles. The quantitative estimate of drug-likeness (QED) is 0.365. The van der Waals surface area contributed by atoms with Gasteiger partial charge in [-0.2, -0.15) is 0 Å². The number of nitro benzene ring substituents is 1. The summed E-state index contributed by atoms with van der Waals surface area (Å²) in [5.41, 5.74) is 6.88. The van der Waals surface area contributed by atoms with Crippen molar-refractivity contribution < 1.29 is 9.50 Å². The molecule has 0 saturated carbocycles. The number of amidine groups is 1. The lowest BCUT2D eigenvalue weighted by atomic mass is 10.1. The smallest absolute Gasteiger partial charge is 0.275 e. The van der Waals surface area contributed by atoms with Gasteiger partial charge in [-0.25, -0.2) is 0 Å². The summed E-state index contributed by atoms with van der Waals surface area (Å²) in [5.74, 6) is 0.647. The zero-order chi connectivity index (χ0) is 12.3. The molecule has 5 heteroatoms. The lowest BCUT2D eigenvalue weighted by molar-refractivity contribution is -0.537. The number of nitro groups is 1. The second-order valence-corrected chi connectivity index (χ2v) is 4.24. The molecule has 0 unspecified atom stereocenters. The Balaban J connectivity index is 2.32. The Hall–Kier alpha value is -1.91. The highest BCUT2D eigenvalue weighted by Crippen LogP contribution is 2.13. The lowest BCUT2D eigenvalue weighted by Crippen LogP contribution is -2.33. The molecule has 1 heterocycles. The number of rotatable bonds is 2. The van der Waals surface area contributed by atoms with Crippen molar-refractivity contribution in [3.63, 3.8) is 0 Å². The fraction of sp³-hybridized carbons (Fsp3) is 0.417. The van der Waals surface area contributed by atoms with Crippen molar-refractivity contribution in [3.05, 3.63) is 39.9 Å². The number of non-ortho nitro benzene ring substituents is 1. The van der Waals surface area contributed by atoms with E-state index in [0.717, 1.165) is 31.5 Å². The summed E-state index contributed by atoms with van der Waals surface area (Å²) >= 11 is 0. The maximum Gasteiger partial charge on any atom is 0.275 e. The van der Waals surface area contributed by atoms with Crippen molar-refractivity contribution in [2.45, 2.75) is 19.3 Å². The third-order valence-corrected chi connectivity index (χ3v) is 3.05. The first-order valence-corrected chi connectivity index (χ1v) is 5.80. The number of piperidine rings is 1. The molecule has 17 heavy (non-hydrogen) atoms. The van der Waals surface area contributed by atoms with E-state index in [1.54, 1.807) is 6.07 Å². The molecule has 0 atom stereocenters. The molecule has 1 fully saturated rings. The minimum atomic E-state index is -0.396. The second kappa shape index (κ2) is 4.95. The Bertz CT molecular complexity index is 461. The highest BCUT2D eigenvalue weighted by atomic mass is 16.6. The average Bonchev–Trinajstić information content (AvgIpc) is 2.39. The van der Waals surface area contributed by atoms with Gasteiger partial charge in [0.05, 0.1) is 23.6 Å². The lowest BCUT2D eigenvalue weighted by Gasteiger charge is -2.14. The summed E-state index contributed by atoms with van der Waals surface area (Å²) < 4.78 is 2.10. The maximum absolute atomic E-state index is 10.7. The van der Waals surface area contributed by atoms with E-state index in [4.69, 9.17) is 5.73 Å². The van der Waals surface area contributed by atoms with E-state index in [1.165, 1.54) is 18.6 Å². The van der Waals surface area contributed by atoms with Crippen LogP contribution in [0, 0.1) is 10.1 Å². The Morgan fingerprint density at radius 3 is 2.65 bits per heavy atom. The van der Waals surface area contributed by atoms with E-state index >= 15 is 0 Å². The van der Waals surface area contributed by atoms with Gasteiger partial charge in [-0.1, -0.05) is 6.07 Å². The van der Waals surface area contributed by atoms with Crippen molar-refractivity contribution in [2.75, 3.05) is 13.1 Å². The fourth-order valence-corrected chi connectivity index (χ4v) is 2.10. The maximum atomic E-state index is 10.7. The van der Waals surface area contributed by atoms with Gasteiger partial charge in [0.25, 0.3) is 11.5 Å². The van der Waals surface area contributed by atoms with Crippen LogP contribution in [0.1, 0.15) is 24.8 Å². The zero-order valence-electron chi connectivity index (χ0n) is 9.63. The molecule has 0 amide bonds. The first-order chi connectivity index (χ1) is 8.18. The molecule has 1 aromatic rings. The SMILES string of the molecule is NC(c1cccc([N+](=O)[O-])c1)=[N+]1CCCCC1. The molecule has 0 aromatic heterocycles. The first-order valence-electron chi connectivity index (χ1n) is 5.80. The largest absolute Gasteiger partial charge is 0.287 e. The van der Waals surface area contributed by atoms with Gasteiger partial charge in [-0.05, 0) is 25.3 Å². The van der Waals surface area contributed by atoms with Crippen LogP contribution < -0.4 is 5.73 Å². The van der Waals surface area contributed by atoms with Crippen LogP contribution >= 0.6 is 0 Å².